The van der Waals surface area contributed by atoms with E-state index in [4.69, 9.17) is 13.9 Å². The lowest BCUT2D eigenvalue weighted by Gasteiger charge is -2.19. The Kier molecular flexibility index (Phi) is 6.58. The van der Waals surface area contributed by atoms with Gasteiger partial charge in [-0.25, -0.2) is 0 Å². The van der Waals surface area contributed by atoms with Crippen molar-refractivity contribution in [3.8, 4) is 11.5 Å². The number of aromatic amines is 1. The van der Waals surface area contributed by atoms with Gasteiger partial charge in [-0.1, -0.05) is 57.2 Å². The normalized spacial score (nSPS) is 13.0. The fourth-order valence-electron chi connectivity index (χ4n) is 5.76. The summed E-state index contributed by atoms with van der Waals surface area (Å²) in [6.45, 7) is 8.78. The lowest BCUT2D eigenvalue weighted by Crippen LogP contribution is -2.19. The Hall–Kier alpha value is -4.82. The first-order chi connectivity index (χ1) is 20.8. The Morgan fingerprint density at radius 1 is 0.814 bits per heavy atom. The van der Waals surface area contributed by atoms with Gasteiger partial charge in [0.1, 0.15) is 0 Å². The van der Waals surface area contributed by atoms with Crippen molar-refractivity contribution in [1.29, 1.82) is 0 Å². The highest BCUT2D eigenvalue weighted by Gasteiger charge is 2.20. The van der Waals surface area contributed by atoms with Gasteiger partial charge in [0.2, 0.25) is 6.79 Å². The summed E-state index contributed by atoms with van der Waals surface area (Å²) in [5, 5.41) is 8.44. The van der Waals surface area contributed by atoms with E-state index >= 15 is 0 Å². The van der Waals surface area contributed by atoms with E-state index in [1.54, 1.807) is 24.3 Å². The van der Waals surface area contributed by atoms with Crippen LogP contribution in [0.15, 0.2) is 80.7 Å². The Bertz CT molecular complexity index is 2160. The van der Waals surface area contributed by atoms with Crippen LogP contribution in [0, 0.1) is 0 Å². The Balaban J connectivity index is 1.23. The van der Waals surface area contributed by atoms with E-state index in [0.717, 1.165) is 41.1 Å². The SMILES string of the molecule is CC(C)(C)c1ccc2[nH]c3c(cc(NCCCNCc4ccc5c(c4)OCO5)c4c(=O)c5ccccc5c(=O)c43)oc2c1. The molecule has 0 unspecified atom stereocenters. The summed E-state index contributed by atoms with van der Waals surface area (Å²) in [4.78, 5) is 31.2. The van der Waals surface area contributed by atoms with E-state index in [1.165, 1.54) is 0 Å². The highest BCUT2D eigenvalue weighted by molar-refractivity contribution is 6.14. The number of rotatable bonds is 7. The van der Waals surface area contributed by atoms with E-state index in [2.05, 4.69) is 42.5 Å². The molecule has 0 amide bonds. The topological polar surface area (TPSA) is 106 Å². The molecule has 8 heteroatoms. The fraction of sp³-hybridized carbons (Fsp3) is 0.257. The van der Waals surface area contributed by atoms with Crippen LogP contribution in [0.5, 0.6) is 11.5 Å². The maximum absolute atomic E-state index is 13.9. The van der Waals surface area contributed by atoms with Crippen LogP contribution in [-0.2, 0) is 12.0 Å². The van der Waals surface area contributed by atoms with Crippen LogP contribution in [0.2, 0.25) is 0 Å². The van der Waals surface area contributed by atoms with Gasteiger partial charge >= 0.3 is 0 Å². The molecular weight excluding hydrogens is 542 g/mol. The van der Waals surface area contributed by atoms with Crippen molar-refractivity contribution < 1.29 is 13.9 Å². The maximum atomic E-state index is 13.9. The van der Waals surface area contributed by atoms with Crippen LogP contribution < -0.4 is 31.0 Å². The summed E-state index contributed by atoms with van der Waals surface area (Å²) < 4.78 is 17.3. The largest absolute Gasteiger partial charge is 0.454 e. The summed E-state index contributed by atoms with van der Waals surface area (Å²) in [7, 11) is 0. The Labute approximate surface area is 247 Å². The minimum absolute atomic E-state index is 0.0515. The molecule has 0 saturated heterocycles. The molecule has 0 aliphatic carbocycles. The number of aromatic nitrogens is 1. The van der Waals surface area contributed by atoms with Gasteiger partial charge in [-0.2, -0.15) is 0 Å². The predicted molar refractivity (Wildman–Crippen MR) is 172 cm³/mol. The summed E-state index contributed by atoms with van der Waals surface area (Å²) in [5.41, 5.74) is 4.91. The molecule has 5 aromatic carbocycles. The van der Waals surface area contributed by atoms with Gasteiger partial charge in [0, 0.05) is 35.6 Å². The molecule has 0 spiro atoms. The molecule has 8 nitrogen and oxygen atoms in total. The van der Waals surface area contributed by atoms with E-state index < -0.39 is 0 Å². The second-order valence-electron chi connectivity index (χ2n) is 12.1. The van der Waals surface area contributed by atoms with Crippen molar-refractivity contribution in [2.24, 2.45) is 0 Å². The average molecular weight is 576 g/mol. The van der Waals surface area contributed by atoms with Crippen molar-refractivity contribution in [2.75, 3.05) is 25.2 Å². The standard InChI is InChI=1S/C35H33N3O5/c1-35(2,3)21-10-11-24-27(16-21)43-29-17-25(37-14-6-13-36-18-20-9-12-26-28(15-20)42-19-41-26)30-31(32(29)38-24)34(40)23-8-5-4-7-22(23)33(30)39/h4-5,7-12,15-17,36-38H,6,13-14,18-19H2,1-3H3. The minimum Gasteiger partial charge on any atom is -0.454 e. The molecule has 1 aliphatic rings. The second-order valence-corrected chi connectivity index (χ2v) is 12.1. The zero-order chi connectivity index (χ0) is 29.7. The molecule has 0 bridgehead atoms. The van der Waals surface area contributed by atoms with Crippen LogP contribution in [-0.4, -0.2) is 24.9 Å². The number of hydrogen-bond donors (Lipinski definition) is 3. The minimum atomic E-state index is -0.193. The third-order valence-corrected chi connectivity index (χ3v) is 8.10. The summed E-state index contributed by atoms with van der Waals surface area (Å²) in [6.07, 6.45) is 0.798. The van der Waals surface area contributed by atoms with Gasteiger partial charge in [-0.05, 0) is 53.8 Å². The van der Waals surface area contributed by atoms with Crippen LogP contribution in [0.1, 0.15) is 38.3 Å². The molecule has 1 aliphatic heterocycles. The van der Waals surface area contributed by atoms with Gasteiger partial charge in [0.15, 0.2) is 33.5 Å². The summed E-state index contributed by atoms with van der Waals surface area (Å²) >= 11 is 0. The number of nitrogens with one attached hydrogen (secondary N) is 3. The third kappa shape index (κ3) is 4.87. The first kappa shape index (κ1) is 27.0. The van der Waals surface area contributed by atoms with E-state index in [0.29, 0.717) is 57.0 Å². The molecule has 0 saturated carbocycles. The van der Waals surface area contributed by atoms with Gasteiger partial charge in [0.05, 0.1) is 21.8 Å². The predicted octanol–water partition coefficient (Wildman–Crippen LogP) is 6.56. The number of hydrogen-bond acceptors (Lipinski definition) is 7. The monoisotopic (exact) mass is 575 g/mol. The van der Waals surface area contributed by atoms with Gasteiger partial charge < -0.3 is 29.5 Å². The molecular formula is C35H33N3O5. The molecule has 6 aromatic rings. The lowest BCUT2D eigenvalue weighted by atomic mass is 9.87. The molecule has 43 heavy (non-hydrogen) atoms. The number of H-pyrrole nitrogens is 1. The molecule has 7 rings (SSSR count). The fourth-order valence-corrected chi connectivity index (χ4v) is 5.76. The van der Waals surface area contributed by atoms with Crippen LogP contribution >= 0.6 is 0 Å². The molecule has 1 aromatic heterocycles. The molecule has 0 fully saturated rings. The highest BCUT2D eigenvalue weighted by atomic mass is 16.7. The smallest absolute Gasteiger partial charge is 0.231 e. The van der Waals surface area contributed by atoms with E-state index in [-0.39, 0.29) is 23.1 Å². The highest BCUT2D eigenvalue weighted by Crippen LogP contribution is 2.34. The molecule has 0 atom stereocenters. The molecule has 218 valence electrons. The first-order valence-corrected chi connectivity index (χ1v) is 14.6. The molecule has 0 radical (unpaired) electrons. The van der Waals surface area contributed by atoms with Crippen molar-refractivity contribution in [2.45, 2.75) is 39.2 Å². The summed E-state index contributed by atoms with van der Waals surface area (Å²) in [5.74, 6) is 1.54. The first-order valence-electron chi connectivity index (χ1n) is 14.6. The molecule has 2 heterocycles. The quantitative estimate of drug-likeness (QED) is 0.112. The van der Waals surface area contributed by atoms with Gasteiger partial charge in [-0.3, -0.25) is 9.59 Å². The van der Waals surface area contributed by atoms with Crippen molar-refractivity contribution in [1.82, 2.24) is 10.3 Å². The van der Waals surface area contributed by atoms with Crippen LogP contribution in [0.25, 0.3) is 43.7 Å². The van der Waals surface area contributed by atoms with Crippen LogP contribution in [0.4, 0.5) is 5.69 Å². The maximum Gasteiger partial charge on any atom is 0.231 e. The molecule has 3 N–H and O–H groups in total. The number of fused-ring (bicyclic) bond motifs is 6. The number of benzene rings is 5. The van der Waals surface area contributed by atoms with Crippen molar-refractivity contribution >= 4 is 49.4 Å². The Morgan fingerprint density at radius 2 is 1.58 bits per heavy atom. The third-order valence-electron chi connectivity index (χ3n) is 8.10. The van der Waals surface area contributed by atoms with Crippen molar-refractivity contribution in [3.05, 3.63) is 98.3 Å². The van der Waals surface area contributed by atoms with E-state index in [9.17, 15) is 9.59 Å². The number of ether oxygens (including phenoxy) is 2. The average Bonchev–Trinajstić information content (AvgIpc) is 3.47. The van der Waals surface area contributed by atoms with Crippen LogP contribution in [0.3, 0.4) is 0 Å². The van der Waals surface area contributed by atoms with Gasteiger partial charge in [0.25, 0.3) is 0 Å². The summed E-state index contributed by atoms with van der Waals surface area (Å²) in [6, 6.07) is 20.8. The second kappa shape index (κ2) is 10.5. The number of anilines is 1. The van der Waals surface area contributed by atoms with E-state index in [1.807, 2.05) is 36.4 Å². The zero-order valence-corrected chi connectivity index (χ0v) is 24.4. The Morgan fingerprint density at radius 3 is 2.37 bits per heavy atom. The lowest BCUT2D eigenvalue weighted by molar-refractivity contribution is 0.174. The van der Waals surface area contributed by atoms with Gasteiger partial charge in [-0.15, -0.1) is 0 Å². The van der Waals surface area contributed by atoms with Crippen molar-refractivity contribution in [3.63, 3.8) is 0 Å². The zero-order valence-electron chi connectivity index (χ0n) is 24.4.